The lowest BCUT2D eigenvalue weighted by molar-refractivity contribution is -0.143. The number of nitrogens with one attached hydrogen (secondary N) is 1. The molecule has 3 N–H and O–H groups in total. The van der Waals surface area contributed by atoms with Crippen LogP contribution in [0.25, 0.3) is 11.2 Å². The van der Waals surface area contributed by atoms with E-state index in [0.717, 1.165) is 44.3 Å². The topological polar surface area (TPSA) is 117 Å². The number of nitrogen functional groups attached to an aromatic ring is 1. The summed E-state index contributed by atoms with van der Waals surface area (Å²) in [6.07, 6.45) is 8.93. The van der Waals surface area contributed by atoms with Gasteiger partial charge in [0.25, 0.3) is 0 Å². The first kappa shape index (κ1) is 19.1. The van der Waals surface area contributed by atoms with Crippen LogP contribution in [-0.4, -0.2) is 50.8 Å². The van der Waals surface area contributed by atoms with Gasteiger partial charge in [-0.2, -0.15) is 0 Å². The number of carbonyl (C=O) groups excluding carboxylic acids is 1. The number of anilines is 1. The molecule has 1 saturated carbocycles. The molecule has 2 atom stereocenters. The number of fused-ring (bicyclic) bond motifs is 1. The zero-order valence-electron chi connectivity index (χ0n) is 16.2. The second-order valence-corrected chi connectivity index (χ2v) is 7.66. The number of imidazole rings is 1. The van der Waals surface area contributed by atoms with Crippen LogP contribution in [0.2, 0.25) is 0 Å². The van der Waals surface area contributed by atoms with Crippen LogP contribution in [0, 0.1) is 5.92 Å². The second kappa shape index (κ2) is 8.40. The van der Waals surface area contributed by atoms with Gasteiger partial charge in [0.05, 0.1) is 19.0 Å². The fourth-order valence-electron chi connectivity index (χ4n) is 4.11. The summed E-state index contributed by atoms with van der Waals surface area (Å²) in [7, 11) is 0. The van der Waals surface area contributed by atoms with Crippen molar-refractivity contribution in [3.8, 4) is 0 Å². The van der Waals surface area contributed by atoms with Crippen molar-refractivity contribution in [1.82, 2.24) is 24.8 Å². The third kappa shape index (κ3) is 4.10. The van der Waals surface area contributed by atoms with Crippen LogP contribution in [0.4, 0.5) is 5.82 Å². The molecule has 2 aromatic heterocycles. The summed E-state index contributed by atoms with van der Waals surface area (Å²) < 4.78 is 13.1. The van der Waals surface area contributed by atoms with E-state index in [1.807, 2.05) is 11.5 Å². The Morgan fingerprint density at radius 3 is 3.04 bits per heavy atom. The Kier molecular flexibility index (Phi) is 5.72. The highest BCUT2D eigenvalue weighted by Gasteiger charge is 2.32. The number of esters is 1. The predicted molar refractivity (Wildman–Crippen MR) is 103 cm³/mol. The van der Waals surface area contributed by atoms with Crippen molar-refractivity contribution in [2.75, 3.05) is 18.9 Å². The Balaban J connectivity index is 1.19. The monoisotopic (exact) mass is 388 g/mol. The first-order chi connectivity index (χ1) is 13.6. The molecule has 28 heavy (non-hydrogen) atoms. The Hall–Kier alpha value is -2.26. The van der Waals surface area contributed by atoms with Gasteiger partial charge in [-0.05, 0) is 44.9 Å². The summed E-state index contributed by atoms with van der Waals surface area (Å²) in [6.45, 7) is 3.15. The molecule has 1 saturated heterocycles. The number of aromatic nitrogens is 4. The molecular formula is C19H28N6O3. The third-order valence-electron chi connectivity index (χ3n) is 5.71. The minimum absolute atomic E-state index is 0.0650. The van der Waals surface area contributed by atoms with Crippen molar-refractivity contribution in [1.29, 1.82) is 0 Å². The van der Waals surface area contributed by atoms with E-state index < -0.39 is 0 Å². The summed E-state index contributed by atoms with van der Waals surface area (Å²) in [6, 6.07) is 0.525. The highest BCUT2D eigenvalue weighted by molar-refractivity contribution is 5.81. The Morgan fingerprint density at radius 2 is 2.21 bits per heavy atom. The minimum Gasteiger partial charge on any atom is -0.466 e. The molecule has 152 valence electrons. The Labute approximate surface area is 164 Å². The summed E-state index contributed by atoms with van der Waals surface area (Å²) in [5.41, 5.74) is 7.20. The first-order valence-electron chi connectivity index (χ1n) is 10.1. The average molecular weight is 388 g/mol. The van der Waals surface area contributed by atoms with E-state index in [4.69, 9.17) is 15.2 Å². The molecule has 9 nitrogen and oxygen atoms in total. The van der Waals surface area contributed by atoms with Crippen molar-refractivity contribution in [2.45, 2.75) is 63.8 Å². The quantitative estimate of drug-likeness (QED) is 0.658. The third-order valence-corrected chi connectivity index (χ3v) is 5.71. The fraction of sp³-hybridized carbons (Fsp3) is 0.684. The zero-order valence-corrected chi connectivity index (χ0v) is 16.2. The highest BCUT2D eigenvalue weighted by atomic mass is 16.5. The van der Waals surface area contributed by atoms with E-state index in [-0.39, 0.29) is 18.3 Å². The number of nitrogens with two attached hydrogens (primary N) is 1. The van der Waals surface area contributed by atoms with Gasteiger partial charge in [-0.3, -0.25) is 9.36 Å². The van der Waals surface area contributed by atoms with Crippen LogP contribution in [0.1, 0.15) is 51.7 Å². The van der Waals surface area contributed by atoms with Gasteiger partial charge in [0, 0.05) is 19.0 Å². The lowest BCUT2D eigenvalue weighted by Gasteiger charge is -2.36. The van der Waals surface area contributed by atoms with Gasteiger partial charge in [-0.25, -0.2) is 15.0 Å². The van der Waals surface area contributed by atoms with Gasteiger partial charge < -0.3 is 20.5 Å². The number of ether oxygens (including phenoxy) is 2. The highest BCUT2D eigenvalue weighted by Crippen LogP contribution is 2.33. The van der Waals surface area contributed by atoms with Gasteiger partial charge in [0.1, 0.15) is 18.1 Å². The van der Waals surface area contributed by atoms with Gasteiger partial charge in [-0.15, -0.1) is 0 Å². The molecule has 2 fully saturated rings. The molecule has 9 heteroatoms. The molecule has 0 radical (unpaired) electrons. The van der Waals surface area contributed by atoms with Crippen LogP contribution in [0.15, 0.2) is 12.7 Å². The van der Waals surface area contributed by atoms with Crippen molar-refractivity contribution >= 4 is 23.0 Å². The lowest BCUT2D eigenvalue weighted by Crippen LogP contribution is -2.44. The molecule has 0 unspecified atom stereocenters. The van der Waals surface area contributed by atoms with Crippen LogP contribution in [0.3, 0.4) is 0 Å². The van der Waals surface area contributed by atoms with Crippen LogP contribution in [-0.2, 0) is 14.3 Å². The molecular weight excluding hydrogens is 360 g/mol. The summed E-state index contributed by atoms with van der Waals surface area (Å²) in [4.78, 5) is 24.0. The van der Waals surface area contributed by atoms with Crippen molar-refractivity contribution < 1.29 is 14.3 Å². The van der Waals surface area contributed by atoms with Crippen molar-refractivity contribution in [3.05, 3.63) is 12.7 Å². The predicted octanol–water partition coefficient (Wildman–Crippen LogP) is 1.80. The van der Waals surface area contributed by atoms with E-state index in [1.165, 1.54) is 6.33 Å². The molecule has 1 aliphatic carbocycles. The zero-order chi connectivity index (χ0) is 19.5. The summed E-state index contributed by atoms with van der Waals surface area (Å²) in [5, 5.41) is 3.60. The molecule has 0 bridgehead atoms. The molecule has 4 rings (SSSR count). The Morgan fingerprint density at radius 1 is 1.36 bits per heavy atom. The van der Waals surface area contributed by atoms with Crippen LogP contribution >= 0.6 is 0 Å². The molecule has 3 heterocycles. The van der Waals surface area contributed by atoms with Gasteiger partial charge in [-0.1, -0.05) is 0 Å². The number of nitrogens with zero attached hydrogens (tertiary/aromatic N) is 4. The van der Waals surface area contributed by atoms with E-state index in [9.17, 15) is 4.79 Å². The summed E-state index contributed by atoms with van der Waals surface area (Å²) >= 11 is 0. The summed E-state index contributed by atoms with van der Waals surface area (Å²) in [5.74, 6) is 0.937. The van der Waals surface area contributed by atoms with Crippen LogP contribution < -0.4 is 11.1 Å². The van der Waals surface area contributed by atoms with E-state index in [0.29, 0.717) is 36.3 Å². The lowest BCUT2D eigenvalue weighted by atomic mass is 9.77. The average Bonchev–Trinajstić information content (AvgIpc) is 3.27. The Bertz CT molecular complexity index is 819. The van der Waals surface area contributed by atoms with E-state index in [2.05, 4.69) is 20.3 Å². The maximum absolute atomic E-state index is 11.4. The minimum atomic E-state index is -0.0802. The van der Waals surface area contributed by atoms with Gasteiger partial charge >= 0.3 is 5.97 Å². The maximum Gasteiger partial charge on any atom is 0.305 e. The smallest absolute Gasteiger partial charge is 0.305 e. The van der Waals surface area contributed by atoms with Crippen molar-refractivity contribution in [3.63, 3.8) is 0 Å². The molecule has 2 aliphatic rings. The second-order valence-electron chi connectivity index (χ2n) is 7.66. The molecule has 0 aromatic carbocycles. The van der Waals surface area contributed by atoms with Crippen molar-refractivity contribution in [2.24, 2.45) is 5.92 Å². The van der Waals surface area contributed by atoms with Gasteiger partial charge in [0.15, 0.2) is 11.5 Å². The SMILES string of the molecule is CCOC(=O)CCC1CC(NC[C@@H]2CC[C@H](n3cnc4c(N)ncnc43)O2)C1. The normalized spacial score (nSPS) is 27.0. The largest absolute Gasteiger partial charge is 0.466 e. The standard InChI is InChI=1S/C19H28N6O3/c1-2-27-16(26)6-3-12-7-13(8-12)21-9-14-4-5-15(28-14)25-11-24-17-18(20)22-10-23-19(17)25/h10-15,21H,2-9H2,1H3,(H2,20,22,23)/t12?,13?,14-,15+/m0/s1. The number of rotatable bonds is 8. The fourth-order valence-corrected chi connectivity index (χ4v) is 4.11. The molecule has 0 amide bonds. The van der Waals surface area contributed by atoms with E-state index in [1.54, 1.807) is 6.33 Å². The first-order valence-corrected chi connectivity index (χ1v) is 10.1. The van der Waals surface area contributed by atoms with E-state index >= 15 is 0 Å². The van der Waals surface area contributed by atoms with Gasteiger partial charge in [0.2, 0.25) is 0 Å². The maximum atomic E-state index is 11.4. The molecule has 0 spiro atoms. The number of hydrogen-bond acceptors (Lipinski definition) is 8. The molecule has 1 aliphatic heterocycles. The number of carbonyl (C=O) groups is 1. The van der Waals surface area contributed by atoms with Crippen LogP contribution in [0.5, 0.6) is 0 Å². The number of hydrogen-bond donors (Lipinski definition) is 2. The molecule has 2 aromatic rings.